The highest BCUT2D eigenvalue weighted by Crippen LogP contribution is 2.40. The molecular formula is C18H21FN2O3S. The molecule has 0 atom stereocenters. The van der Waals surface area contributed by atoms with Crippen LogP contribution in [-0.4, -0.2) is 34.2 Å². The Morgan fingerprint density at radius 2 is 2.04 bits per heavy atom. The quantitative estimate of drug-likeness (QED) is 0.905. The molecular weight excluding hydrogens is 343 g/mol. The molecule has 1 saturated heterocycles. The second-order valence-electron chi connectivity index (χ2n) is 6.72. The van der Waals surface area contributed by atoms with Crippen molar-refractivity contribution in [3.8, 4) is 0 Å². The van der Waals surface area contributed by atoms with Crippen molar-refractivity contribution in [3.05, 3.63) is 39.7 Å². The van der Waals surface area contributed by atoms with Gasteiger partial charge in [-0.15, -0.1) is 0 Å². The van der Waals surface area contributed by atoms with Crippen LogP contribution in [0.1, 0.15) is 37.1 Å². The Labute approximate surface area is 149 Å². The number of benzene rings is 1. The lowest BCUT2D eigenvalue weighted by Crippen LogP contribution is -2.36. The summed E-state index contributed by atoms with van der Waals surface area (Å²) in [5.74, 6) is 0.342. The first-order valence-electron chi connectivity index (χ1n) is 8.64. The fourth-order valence-corrected chi connectivity index (χ4v) is 4.74. The minimum atomic E-state index is -0.525. The summed E-state index contributed by atoms with van der Waals surface area (Å²) in [7, 11) is 0. The summed E-state index contributed by atoms with van der Waals surface area (Å²) in [4.78, 5) is 19.4. The van der Waals surface area contributed by atoms with Crippen molar-refractivity contribution < 1.29 is 13.9 Å². The molecule has 1 saturated carbocycles. The van der Waals surface area contributed by atoms with E-state index < -0.39 is 11.4 Å². The SMILES string of the molecule is Cc1ccc(F)c2c(=O)[nH]c(CSC3CCC4(CC3)OCCO4)nc12. The van der Waals surface area contributed by atoms with Gasteiger partial charge in [-0.25, -0.2) is 9.37 Å². The molecule has 0 unspecified atom stereocenters. The summed E-state index contributed by atoms with van der Waals surface area (Å²) in [6.07, 6.45) is 3.87. The maximum atomic E-state index is 13.9. The van der Waals surface area contributed by atoms with E-state index in [0.717, 1.165) is 31.2 Å². The highest BCUT2D eigenvalue weighted by atomic mass is 32.2. The number of thioether (sulfide) groups is 1. The smallest absolute Gasteiger partial charge is 0.261 e. The van der Waals surface area contributed by atoms with Crippen LogP contribution in [-0.2, 0) is 15.2 Å². The van der Waals surface area contributed by atoms with Gasteiger partial charge in [0.2, 0.25) is 0 Å². The van der Waals surface area contributed by atoms with Crippen molar-refractivity contribution >= 4 is 22.7 Å². The zero-order valence-corrected chi connectivity index (χ0v) is 15.0. The van der Waals surface area contributed by atoms with Crippen LogP contribution in [0.5, 0.6) is 0 Å². The van der Waals surface area contributed by atoms with E-state index in [0.29, 0.717) is 35.6 Å². The highest BCUT2D eigenvalue weighted by Gasteiger charge is 2.40. The second kappa shape index (κ2) is 6.70. The van der Waals surface area contributed by atoms with Gasteiger partial charge in [-0.1, -0.05) is 6.07 Å². The lowest BCUT2D eigenvalue weighted by atomic mass is 9.94. The van der Waals surface area contributed by atoms with Crippen LogP contribution in [0.25, 0.3) is 10.9 Å². The molecule has 1 aliphatic carbocycles. The number of nitrogens with zero attached hydrogens (tertiary/aromatic N) is 1. The lowest BCUT2D eigenvalue weighted by Gasteiger charge is -2.35. The average molecular weight is 364 g/mol. The maximum Gasteiger partial charge on any atom is 0.261 e. The largest absolute Gasteiger partial charge is 0.348 e. The number of halogens is 1. The lowest BCUT2D eigenvalue weighted by molar-refractivity contribution is -0.175. The number of hydrogen-bond donors (Lipinski definition) is 1. The standard InChI is InChI=1S/C18H21FN2O3S/c1-11-2-3-13(19)15-16(11)20-14(21-17(15)22)10-25-12-4-6-18(7-5-12)23-8-9-24-18/h2-3,12H,4-10H2,1H3,(H,20,21,22). The third-order valence-corrected chi connectivity index (χ3v) is 6.41. The van der Waals surface area contributed by atoms with E-state index in [-0.39, 0.29) is 11.2 Å². The Hall–Kier alpha value is -1.44. The molecule has 134 valence electrons. The molecule has 1 aromatic heterocycles. The maximum absolute atomic E-state index is 13.9. The zero-order valence-electron chi connectivity index (χ0n) is 14.1. The number of fused-ring (bicyclic) bond motifs is 1. The van der Waals surface area contributed by atoms with Gasteiger partial charge in [0.15, 0.2) is 5.79 Å². The number of rotatable bonds is 3. The molecule has 25 heavy (non-hydrogen) atoms. The summed E-state index contributed by atoms with van der Waals surface area (Å²) in [5.41, 5.74) is 0.857. The van der Waals surface area contributed by atoms with E-state index in [1.165, 1.54) is 6.07 Å². The molecule has 1 aromatic carbocycles. The van der Waals surface area contributed by atoms with Gasteiger partial charge < -0.3 is 14.5 Å². The van der Waals surface area contributed by atoms with E-state index in [2.05, 4.69) is 9.97 Å². The molecule has 0 amide bonds. The third kappa shape index (κ3) is 3.32. The van der Waals surface area contributed by atoms with Gasteiger partial charge in [-0.2, -0.15) is 11.8 Å². The van der Waals surface area contributed by atoms with Crippen molar-refractivity contribution in [1.29, 1.82) is 0 Å². The molecule has 0 bridgehead atoms. The van der Waals surface area contributed by atoms with Gasteiger partial charge in [0, 0.05) is 18.1 Å². The first kappa shape index (κ1) is 17.0. The number of ether oxygens (including phenoxy) is 2. The third-order valence-electron chi connectivity index (χ3n) is 5.02. The zero-order chi connectivity index (χ0) is 17.4. The van der Waals surface area contributed by atoms with E-state index >= 15 is 0 Å². The van der Waals surface area contributed by atoms with Gasteiger partial charge in [0.1, 0.15) is 17.0 Å². The summed E-state index contributed by atoms with van der Waals surface area (Å²) in [6, 6.07) is 2.97. The van der Waals surface area contributed by atoms with Crippen molar-refractivity contribution in [2.45, 2.75) is 49.4 Å². The van der Waals surface area contributed by atoms with Crippen molar-refractivity contribution in [3.63, 3.8) is 0 Å². The first-order chi connectivity index (χ1) is 12.1. The fraction of sp³-hybridized carbons (Fsp3) is 0.556. The molecule has 1 N–H and O–H groups in total. The number of aromatic amines is 1. The molecule has 1 spiro atoms. The summed E-state index contributed by atoms with van der Waals surface area (Å²) in [6.45, 7) is 3.22. The van der Waals surface area contributed by atoms with Crippen LogP contribution in [0.4, 0.5) is 4.39 Å². The Bertz CT molecular complexity index is 838. The topological polar surface area (TPSA) is 64.2 Å². The van der Waals surface area contributed by atoms with E-state index in [1.54, 1.807) is 17.8 Å². The van der Waals surface area contributed by atoms with Gasteiger partial charge in [-0.05, 0) is 31.4 Å². The van der Waals surface area contributed by atoms with Gasteiger partial charge >= 0.3 is 0 Å². The average Bonchev–Trinajstić information content (AvgIpc) is 3.06. The second-order valence-corrected chi connectivity index (χ2v) is 8.01. The van der Waals surface area contributed by atoms with Crippen molar-refractivity contribution in [2.24, 2.45) is 0 Å². The summed E-state index contributed by atoms with van der Waals surface area (Å²) < 4.78 is 25.4. The number of hydrogen-bond acceptors (Lipinski definition) is 5. The normalized spacial score (nSPS) is 20.6. The molecule has 1 aliphatic heterocycles. The van der Waals surface area contributed by atoms with E-state index in [1.807, 2.05) is 6.92 Å². The molecule has 2 heterocycles. The molecule has 7 heteroatoms. The van der Waals surface area contributed by atoms with Gasteiger partial charge in [0.05, 0.1) is 24.5 Å². The summed E-state index contributed by atoms with van der Waals surface area (Å²) in [5, 5.41) is 0.539. The van der Waals surface area contributed by atoms with Gasteiger partial charge in [-0.3, -0.25) is 4.79 Å². The predicted molar refractivity (Wildman–Crippen MR) is 95.2 cm³/mol. The van der Waals surface area contributed by atoms with Crippen molar-refractivity contribution in [1.82, 2.24) is 9.97 Å². The van der Waals surface area contributed by atoms with Crippen LogP contribution in [0, 0.1) is 12.7 Å². The molecule has 0 radical (unpaired) electrons. The fourth-order valence-electron chi connectivity index (χ4n) is 3.64. The molecule has 2 aromatic rings. The van der Waals surface area contributed by atoms with Crippen LogP contribution < -0.4 is 5.56 Å². The monoisotopic (exact) mass is 364 g/mol. The summed E-state index contributed by atoms with van der Waals surface area (Å²) >= 11 is 1.78. The number of H-pyrrole nitrogens is 1. The van der Waals surface area contributed by atoms with Crippen LogP contribution in [0.15, 0.2) is 16.9 Å². The van der Waals surface area contributed by atoms with E-state index in [4.69, 9.17) is 9.47 Å². The molecule has 4 rings (SSSR count). The number of aryl methyl sites for hydroxylation is 1. The predicted octanol–water partition coefficient (Wildman–Crippen LogP) is 3.29. The molecule has 2 aliphatic rings. The van der Waals surface area contributed by atoms with Crippen molar-refractivity contribution in [2.75, 3.05) is 13.2 Å². The minimum Gasteiger partial charge on any atom is -0.348 e. The minimum absolute atomic E-state index is 0.0453. The van der Waals surface area contributed by atoms with Crippen LogP contribution >= 0.6 is 11.8 Å². The Morgan fingerprint density at radius 3 is 2.76 bits per heavy atom. The Balaban J connectivity index is 1.45. The van der Waals surface area contributed by atoms with Crippen LogP contribution in [0.2, 0.25) is 0 Å². The number of nitrogens with one attached hydrogen (secondary N) is 1. The molecule has 5 nitrogen and oxygen atoms in total. The van der Waals surface area contributed by atoms with E-state index in [9.17, 15) is 9.18 Å². The van der Waals surface area contributed by atoms with Gasteiger partial charge in [0.25, 0.3) is 5.56 Å². The van der Waals surface area contributed by atoms with Crippen LogP contribution in [0.3, 0.4) is 0 Å². The highest BCUT2D eigenvalue weighted by molar-refractivity contribution is 7.99. The molecule has 2 fully saturated rings. The first-order valence-corrected chi connectivity index (χ1v) is 9.69. The Kier molecular flexibility index (Phi) is 4.56. The number of aromatic nitrogens is 2. The Morgan fingerprint density at radius 1 is 1.32 bits per heavy atom.